The number of thioether (sulfide) groups is 1. The van der Waals surface area contributed by atoms with E-state index in [1.54, 1.807) is 18.2 Å². The molecule has 0 unspecified atom stereocenters. The molecule has 94 valence electrons. The van der Waals surface area contributed by atoms with Gasteiger partial charge in [-0.3, -0.25) is 4.79 Å². The van der Waals surface area contributed by atoms with Gasteiger partial charge in [0.15, 0.2) is 0 Å². The van der Waals surface area contributed by atoms with Crippen LogP contribution in [0, 0.1) is 0 Å². The zero-order valence-corrected chi connectivity index (χ0v) is 10.8. The van der Waals surface area contributed by atoms with E-state index in [1.165, 1.54) is 11.8 Å². The lowest BCUT2D eigenvalue weighted by atomic mass is 10.1. The Kier molecular flexibility index (Phi) is 3.73. The molecule has 8 heteroatoms. The van der Waals surface area contributed by atoms with Crippen molar-refractivity contribution in [2.45, 2.75) is 10.9 Å². The Morgan fingerprint density at radius 3 is 2.83 bits per heavy atom. The third-order valence-corrected chi connectivity index (χ3v) is 3.42. The van der Waals surface area contributed by atoms with E-state index in [0.29, 0.717) is 21.5 Å². The largest absolute Gasteiger partial charge is 0.368 e. The minimum atomic E-state index is -0.502. The number of nitrogen functional groups attached to an aromatic ring is 1. The Bertz CT molecular complexity index is 585. The molecule has 2 aromatic rings. The van der Waals surface area contributed by atoms with Crippen LogP contribution in [0.1, 0.15) is 15.9 Å². The summed E-state index contributed by atoms with van der Waals surface area (Å²) in [5.41, 5.74) is 11.8. The van der Waals surface area contributed by atoms with E-state index < -0.39 is 5.91 Å². The quantitative estimate of drug-likeness (QED) is 0.735. The molecule has 6 nitrogen and oxygen atoms in total. The highest BCUT2D eigenvalue weighted by molar-refractivity contribution is 7.98. The molecule has 5 N–H and O–H groups in total. The van der Waals surface area contributed by atoms with E-state index in [-0.39, 0.29) is 5.95 Å². The van der Waals surface area contributed by atoms with Gasteiger partial charge in [-0.2, -0.15) is 4.98 Å². The number of carbonyl (C=O) groups is 1. The highest BCUT2D eigenvalue weighted by Crippen LogP contribution is 2.25. The number of H-pyrrole nitrogens is 1. The van der Waals surface area contributed by atoms with Gasteiger partial charge in [-0.15, -0.1) is 5.10 Å². The van der Waals surface area contributed by atoms with Crippen molar-refractivity contribution in [2.24, 2.45) is 5.73 Å². The number of hydrogen-bond acceptors (Lipinski definition) is 5. The first-order chi connectivity index (χ1) is 8.56. The number of aromatic amines is 1. The molecule has 0 saturated carbocycles. The summed E-state index contributed by atoms with van der Waals surface area (Å²) in [7, 11) is 0. The highest BCUT2D eigenvalue weighted by Gasteiger charge is 2.08. The van der Waals surface area contributed by atoms with Crippen LogP contribution in [0.25, 0.3) is 0 Å². The lowest BCUT2D eigenvalue weighted by Gasteiger charge is -2.03. The fourth-order valence-electron chi connectivity index (χ4n) is 1.28. The maximum Gasteiger partial charge on any atom is 0.248 e. The second kappa shape index (κ2) is 5.28. The van der Waals surface area contributed by atoms with Crippen molar-refractivity contribution < 1.29 is 4.79 Å². The maximum atomic E-state index is 11.0. The molecular formula is C10H10ClN5OS. The minimum Gasteiger partial charge on any atom is -0.368 e. The van der Waals surface area contributed by atoms with Crippen LogP contribution in [0.15, 0.2) is 23.4 Å². The van der Waals surface area contributed by atoms with Crippen molar-refractivity contribution in [2.75, 3.05) is 5.73 Å². The molecule has 1 aromatic heterocycles. The minimum absolute atomic E-state index is 0.271. The van der Waals surface area contributed by atoms with Crippen LogP contribution in [0.2, 0.25) is 5.02 Å². The van der Waals surface area contributed by atoms with Crippen LogP contribution >= 0.6 is 23.4 Å². The monoisotopic (exact) mass is 283 g/mol. The van der Waals surface area contributed by atoms with Crippen molar-refractivity contribution in [3.05, 3.63) is 34.3 Å². The average molecular weight is 284 g/mol. The van der Waals surface area contributed by atoms with E-state index >= 15 is 0 Å². The molecule has 0 fully saturated rings. The van der Waals surface area contributed by atoms with Crippen LogP contribution in [0.5, 0.6) is 0 Å². The standard InChI is InChI=1S/C10H10ClN5OS/c11-7-3-5(8(12)17)1-2-6(7)4-18-10-14-9(13)15-16-10/h1-3H,4H2,(H2,12,17)(H3,13,14,15,16). The molecule has 0 radical (unpaired) electrons. The van der Waals surface area contributed by atoms with Gasteiger partial charge in [-0.1, -0.05) is 29.4 Å². The van der Waals surface area contributed by atoms with Crippen LogP contribution in [-0.2, 0) is 5.75 Å². The SMILES string of the molecule is NC(=O)c1ccc(CSc2n[nH]c(N)n2)c(Cl)c1. The first kappa shape index (κ1) is 12.7. The van der Waals surface area contributed by atoms with Gasteiger partial charge in [0.1, 0.15) is 0 Å². The number of aromatic nitrogens is 3. The molecule has 0 aliphatic rings. The van der Waals surface area contributed by atoms with Gasteiger partial charge in [-0.25, -0.2) is 5.10 Å². The summed E-state index contributed by atoms with van der Waals surface area (Å²) in [5.74, 6) is 0.348. The Labute approximate surface area is 112 Å². The summed E-state index contributed by atoms with van der Waals surface area (Å²) >= 11 is 7.44. The fraction of sp³-hybridized carbons (Fsp3) is 0.100. The number of nitrogens with one attached hydrogen (secondary N) is 1. The molecule has 0 bridgehead atoms. The van der Waals surface area contributed by atoms with Crippen molar-refractivity contribution in [1.29, 1.82) is 0 Å². The van der Waals surface area contributed by atoms with Gasteiger partial charge in [0.05, 0.1) is 0 Å². The summed E-state index contributed by atoms with van der Waals surface area (Å²) in [5, 5.41) is 7.47. The highest BCUT2D eigenvalue weighted by atomic mass is 35.5. The van der Waals surface area contributed by atoms with Gasteiger partial charge < -0.3 is 11.5 Å². The summed E-state index contributed by atoms with van der Waals surface area (Å²) in [6.45, 7) is 0. The first-order valence-corrected chi connectivity index (χ1v) is 6.31. The van der Waals surface area contributed by atoms with E-state index in [1.807, 2.05) is 0 Å². The molecule has 1 aromatic carbocycles. The second-order valence-electron chi connectivity index (χ2n) is 3.46. The summed E-state index contributed by atoms with van der Waals surface area (Å²) in [6, 6.07) is 4.94. The summed E-state index contributed by atoms with van der Waals surface area (Å²) < 4.78 is 0. The fourth-order valence-corrected chi connectivity index (χ4v) is 2.42. The third kappa shape index (κ3) is 2.93. The number of nitrogens with zero attached hydrogens (tertiary/aromatic N) is 2. The number of anilines is 1. The predicted octanol–water partition coefficient (Wildman–Crippen LogP) is 1.43. The Morgan fingerprint density at radius 1 is 1.50 bits per heavy atom. The Hall–Kier alpha value is -1.73. The molecule has 2 rings (SSSR count). The second-order valence-corrected chi connectivity index (χ2v) is 4.81. The van der Waals surface area contributed by atoms with Gasteiger partial charge in [-0.05, 0) is 17.7 Å². The van der Waals surface area contributed by atoms with Crippen LogP contribution < -0.4 is 11.5 Å². The molecule has 0 spiro atoms. The number of benzene rings is 1. The van der Waals surface area contributed by atoms with E-state index in [2.05, 4.69) is 15.2 Å². The predicted molar refractivity (Wildman–Crippen MR) is 70.3 cm³/mol. The summed E-state index contributed by atoms with van der Waals surface area (Å²) in [4.78, 5) is 14.9. The Balaban J connectivity index is 2.08. The molecule has 1 heterocycles. The van der Waals surface area contributed by atoms with Crippen LogP contribution in [-0.4, -0.2) is 21.1 Å². The topological polar surface area (TPSA) is 111 Å². The number of carbonyl (C=O) groups excluding carboxylic acids is 1. The molecular weight excluding hydrogens is 274 g/mol. The molecule has 0 aliphatic heterocycles. The molecule has 0 saturated heterocycles. The van der Waals surface area contributed by atoms with Gasteiger partial charge in [0.2, 0.25) is 17.0 Å². The molecule has 1 amide bonds. The molecule has 0 aliphatic carbocycles. The van der Waals surface area contributed by atoms with Crippen LogP contribution in [0.3, 0.4) is 0 Å². The number of rotatable bonds is 4. The van der Waals surface area contributed by atoms with E-state index in [4.69, 9.17) is 23.1 Å². The maximum absolute atomic E-state index is 11.0. The number of hydrogen-bond donors (Lipinski definition) is 3. The van der Waals surface area contributed by atoms with Crippen molar-refractivity contribution in [3.8, 4) is 0 Å². The van der Waals surface area contributed by atoms with Crippen molar-refractivity contribution in [3.63, 3.8) is 0 Å². The Morgan fingerprint density at radius 2 is 2.28 bits per heavy atom. The number of primary amides is 1. The lowest BCUT2D eigenvalue weighted by molar-refractivity contribution is 0.100. The van der Waals surface area contributed by atoms with Crippen LogP contribution in [0.4, 0.5) is 5.95 Å². The van der Waals surface area contributed by atoms with Gasteiger partial charge in [0.25, 0.3) is 0 Å². The molecule has 0 atom stereocenters. The van der Waals surface area contributed by atoms with Gasteiger partial charge >= 0.3 is 0 Å². The van der Waals surface area contributed by atoms with Crippen molar-refractivity contribution >= 4 is 35.2 Å². The smallest absolute Gasteiger partial charge is 0.248 e. The molecule has 18 heavy (non-hydrogen) atoms. The summed E-state index contributed by atoms with van der Waals surface area (Å²) in [6.07, 6.45) is 0. The van der Waals surface area contributed by atoms with Gasteiger partial charge in [0, 0.05) is 16.3 Å². The van der Waals surface area contributed by atoms with Crippen molar-refractivity contribution in [1.82, 2.24) is 15.2 Å². The zero-order valence-electron chi connectivity index (χ0n) is 9.18. The first-order valence-electron chi connectivity index (χ1n) is 4.95. The third-order valence-electron chi connectivity index (χ3n) is 2.18. The normalized spacial score (nSPS) is 10.5. The number of halogens is 1. The van der Waals surface area contributed by atoms with E-state index in [0.717, 1.165) is 5.56 Å². The lowest BCUT2D eigenvalue weighted by Crippen LogP contribution is -2.10. The zero-order chi connectivity index (χ0) is 13.1. The van der Waals surface area contributed by atoms with E-state index in [9.17, 15) is 4.79 Å². The number of nitrogens with two attached hydrogens (primary N) is 2. The average Bonchev–Trinajstić information content (AvgIpc) is 2.73. The number of amides is 1.